The number of anilines is 1. The summed E-state index contributed by atoms with van der Waals surface area (Å²) < 4.78 is 0. The van der Waals surface area contributed by atoms with E-state index in [0.29, 0.717) is 11.3 Å². The van der Waals surface area contributed by atoms with E-state index >= 15 is 0 Å². The molecule has 3 amide bonds. The van der Waals surface area contributed by atoms with Gasteiger partial charge in [-0.05, 0) is 23.3 Å². The molecule has 0 radical (unpaired) electrons. The Morgan fingerprint density at radius 1 is 1.00 bits per heavy atom. The molecule has 4 N–H and O–H groups in total. The van der Waals surface area contributed by atoms with Crippen LogP contribution in [0, 0.1) is 0 Å². The SMILES string of the molecule is CC(=O)Nc1ccc(CC(=O)NC(C(N)=O)c2ccccc2)cc1. The van der Waals surface area contributed by atoms with Crippen LogP contribution in [-0.4, -0.2) is 17.7 Å². The van der Waals surface area contributed by atoms with Gasteiger partial charge in [0.1, 0.15) is 6.04 Å². The first-order valence-corrected chi connectivity index (χ1v) is 7.46. The van der Waals surface area contributed by atoms with Crippen molar-refractivity contribution >= 4 is 23.4 Å². The molecule has 0 fully saturated rings. The van der Waals surface area contributed by atoms with Gasteiger partial charge < -0.3 is 16.4 Å². The van der Waals surface area contributed by atoms with Crippen LogP contribution in [0.4, 0.5) is 5.69 Å². The van der Waals surface area contributed by atoms with Crippen molar-refractivity contribution in [2.45, 2.75) is 19.4 Å². The first-order chi connectivity index (χ1) is 11.5. The third-order valence-corrected chi connectivity index (χ3v) is 3.36. The number of primary amides is 1. The average molecular weight is 325 g/mol. The Bertz CT molecular complexity index is 727. The number of carbonyl (C=O) groups excluding carboxylic acids is 3. The topological polar surface area (TPSA) is 101 Å². The van der Waals surface area contributed by atoms with Gasteiger partial charge in [-0.2, -0.15) is 0 Å². The zero-order chi connectivity index (χ0) is 17.5. The largest absolute Gasteiger partial charge is 0.368 e. The molecule has 6 heteroatoms. The van der Waals surface area contributed by atoms with Gasteiger partial charge in [0.05, 0.1) is 6.42 Å². The van der Waals surface area contributed by atoms with Crippen molar-refractivity contribution in [3.8, 4) is 0 Å². The molecule has 1 unspecified atom stereocenters. The normalized spacial score (nSPS) is 11.4. The summed E-state index contributed by atoms with van der Waals surface area (Å²) in [5.74, 6) is -1.09. The third kappa shape index (κ3) is 4.95. The summed E-state index contributed by atoms with van der Waals surface area (Å²) in [4.78, 5) is 34.8. The second-order valence-electron chi connectivity index (χ2n) is 5.37. The molecule has 2 rings (SSSR count). The minimum Gasteiger partial charge on any atom is -0.368 e. The lowest BCUT2D eigenvalue weighted by Gasteiger charge is -2.16. The number of nitrogens with one attached hydrogen (secondary N) is 2. The minimum atomic E-state index is -0.864. The summed E-state index contributed by atoms with van der Waals surface area (Å²) in [6.07, 6.45) is 0.108. The fraction of sp³-hybridized carbons (Fsp3) is 0.167. The molecule has 1 atom stereocenters. The van der Waals surface area contributed by atoms with Crippen LogP contribution in [0.3, 0.4) is 0 Å². The van der Waals surface area contributed by atoms with Gasteiger partial charge in [-0.3, -0.25) is 14.4 Å². The fourth-order valence-electron chi connectivity index (χ4n) is 2.27. The highest BCUT2D eigenvalue weighted by atomic mass is 16.2. The number of benzene rings is 2. The second-order valence-corrected chi connectivity index (χ2v) is 5.37. The minimum absolute atomic E-state index is 0.108. The van der Waals surface area contributed by atoms with Gasteiger partial charge in [0.25, 0.3) is 0 Å². The van der Waals surface area contributed by atoms with Gasteiger partial charge in [0, 0.05) is 12.6 Å². The zero-order valence-electron chi connectivity index (χ0n) is 13.3. The van der Waals surface area contributed by atoms with Crippen LogP contribution in [0.25, 0.3) is 0 Å². The molecule has 0 aliphatic rings. The van der Waals surface area contributed by atoms with E-state index in [1.807, 2.05) is 6.07 Å². The number of carbonyl (C=O) groups is 3. The van der Waals surface area contributed by atoms with Crippen LogP contribution in [0.15, 0.2) is 54.6 Å². The number of rotatable bonds is 6. The van der Waals surface area contributed by atoms with E-state index in [2.05, 4.69) is 10.6 Å². The molecule has 124 valence electrons. The smallest absolute Gasteiger partial charge is 0.244 e. The molecule has 0 aliphatic heterocycles. The van der Waals surface area contributed by atoms with E-state index in [1.165, 1.54) is 6.92 Å². The third-order valence-electron chi connectivity index (χ3n) is 3.36. The first-order valence-electron chi connectivity index (χ1n) is 7.46. The summed E-state index contributed by atoms with van der Waals surface area (Å²) in [6.45, 7) is 1.43. The van der Waals surface area contributed by atoms with E-state index in [-0.39, 0.29) is 18.2 Å². The Kier molecular flexibility index (Phi) is 5.68. The molecule has 0 aromatic heterocycles. The van der Waals surface area contributed by atoms with Crippen molar-refractivity contribution in [2.75, 3.05) is 5.32 Å². The van der Waals surface area contributed by atoms with Crippen molar-refractivity contribution < 1.29 is 14.4 Å². The van der Waals surface area contributed by atoms with Crippen LogP contribution in [0.1, 0.15) is 24.1 Å². The Morgan fingerprint density at radius 3 is 2.17 bits per heavy atom. The first kappa shape index (κ1) is 17.2. The highest BCUT2D eigenvalue weighted by Gasteiger charge is 2.19. The Balaban J connectivity index is 2.01. The molecule has 2 aromatic carbocycles. The predicted molar refractivity (Wildman–Crippen MR) is 91.0 cm³/mol. The van der Waals surface area contributed by atoms with Crippen LogP contribution in [0.5, 0.6) is 0 Å². The van der Waals surface area contributed by atoms with Gasteiger partial charge in [-0.25, -0.2) is 0 Å². The standard InChI is InChI=1S/C18H19N3O3/c1-12(22)20-15-9-7-13(8-10-15)11-16(23)21-17(18(19)24)14-5-3-2-4-6-14/h2-10,17H,11H2,1H3,(H2,19,24)(H,20,22)(H,21,23). The molecular formula is C18H19N3O3. The summed E-state index contributed by atoms with van der Waals surface area (Å²) >= 11 is 0. The summed E-state index contributed by atoms with van der Waals surface area (Å²) in [5, 5.41) is 5.30. The number of hydrogen-bond acceptors (Lipinski definition) is 3. The van der Waals surface area contributed by atoms with E-state index in [4.69, 9.17) is 5.73 Å². The lowest BCUT2D eigenvalue weighted by molar-refractivity contribution is -0.127. The highest BCUT2D eigenvalue weighted by Crippen LogP contribution is 2.13. The van der Waals surface area contributed by atoms with Crippen molar-refractivity contribution in [3.63, 3.8) is 0 Å². The van der Waals surface area contributed by atoms with Gasteiger partial charge in [-0.1, -0.05) is 42.5 Å². The van der Waals surface area contributed by atoms with Gasteiger partial charge in [0.15, 0.2) is 0 Å². The quantitative estimate of drug-likeness (QED) is 0.750. The lowest BCUT2D eigenvalue weighted by atomic mass is 10.1. The van der Waals surface area contributed by atoms with E-state index < -0.39 is 11.9 Å². The molecule has 0 spiro atoms. The number of hydrogen-bond donors (Lipinski definition) is 3. The van der Waals surface area contributed by atoms with Crippen LogP contribution < -0.4 is 16.4 Å². The molecule has 2 aromatic rings. The Hall–Kier alpha value is -3.15. The maximum Gasteiger partial charge on any atom is 0.244 e. The van der Waals surface area contributed by atoms with Crippen molar-refractivity contribution in [2.24, 2.45) is 5.73 Å². The van der Waals surface area contributed by atoms with Crippen LogP contribution >= 0.6 is 0 Å². The van der Waals surface area contributed by atoms with E-state index in [0.717, 1.165) is 5.56 Å². The Labute approximate surface area is 140 Å². The fourth-order valence-corrected chi connectivity index (χ4v) is 2.27. The molecule has 6 nitrogen and oxygen atoms in total. The molecule has 0 bridgehead atoms. The van der Waals surface area contributed by atoms with Crippen molar-refractivity contribution in [1.82, 2.24) is 5.32 Å². The second kappa shape index (κ2) is 7.92. The van der Waals surface area contributed by atoms with Crippen molar-refractivity contribution in [3.05, 3.63) is 65.7 Å². The molecule has 0 saturated carbocycles. The maximum absolute atomic E-state index is 12.2. The van der Waals surface area contributed by atoms with Gasteiger partial charge in [-0.15, -0.1) is 0 Å². The van der Waals surface area contributed by atoms with E-state index in [1.54, 1.807) is 48.5 Å². The lowest BCUT2D eigenvalue weighted by Crippen LogP contribution is -2.38. The molecule has 24 heavy (non-hydrogen) atoms. The molecule has 0 aliphatic carbocycles. The van der Waals surface area contributed by atoms with Crippen molar-refractivity contribution in [1.29, 1.82) is 0 Å². The summed E-state index contributed by atoms with van der Waals surface area (Å²) in [5.41, 5.74) is 7.44. The maximum atomic E-state index is 12.2. The van der Waals surface area contributed by atoms with Crippen LogP contribution in [-0.2, 0) is 20.8 Å². The van der Waals surface area contributed by atoms with E-state index in [9.17, 15) is 14.4 Å². The summed E-state index contributed by atoms with van der Waals surface area (Å²) in [6, 6.07) is 14.9. The monoisotopic (exact) mass is 325 g/mol. The van der Waals surface area contributed by atoms with Crippen LogP contribution in [0.2, 0.25) is 0 Å². The zero-order valence-corrected chi connectivity index (χ0v) is 13.3. The average Bonchev–Trinajstić information content (AvgIpc) is 2.54. The molecule has 0 heterocycles. The number of nitrogens with two attached hydrogens (primary N) is 1. The van der Waals surface area contributed by atoms with Gasteiger partial charge >= 0.3 is 0 Å². The number of amides is 3. The Morgan fingerprint density at radius 2 is 1.62 bits per heavy atom. The van der Waals surface area contributed by atoms with Gasteiger partial charge in [0.2, 0.25) is 17.7 Å². The predicted octanol–water partition coefficient (Wildman–Crippen LogP) is 1.53. The molecular weight excluding hydrogens is 306 g/mol. The highest BCUT2D eigenvalue weighted by molar-refractivity contribution is 5.89. The molecule has 0 saturated heterocycles. The summed E-state index contributed by atoms with van der Waals surface area (Å²) in [7, 11) is 0.